The number of carbonyl (C=O) groups excluding carboxylic acids is 2. The second-order valence-electron chi connectivity index (χ2n) is 6.50. The number of halogens is 2. The summed E-state index contributed by atoms with van der Waals surface area (Å²) in [6.45, 7) is 0.675. The second kappa shape index (κ2) is 7.41. The number of aromatic nitrogens is 4. The van der Waals surface area contributed by atoms with Gasteiger partial charge in [0.1, 0.15) is 5.82 Å². The summed E-state index contributed by atoms with van der Waals surface area (Å²) in [4.78, 5) is 34.6. The van der Waals surface area contributed by atoms with Gasteiger partial charge in [-0.3, -0.25) is 9.59 Å². The van der Waals surface area contributed by atoms with E-state index in [9.17, 15) is 14.0 Å². The number of carbonyl (C=O) groups is 2. The highest BCUT2D eigenvalue weighted by atomic mass is 127. The lowest BCUT2D eigenvalue weighted by atomic mass is 10.0. The average Bonchev–Trinajstić information content (AvgIpc) is 3.17. The van der Waals surface area contributed by atoms with E-state index in [1.807, 2.05) is 12.1 Å². The van der Waals surface area contributed by atoms with E-state index in [0.29, 0.717) is 43.7 Å². The van der Waals surface area contributed by atoms with E-state index in [2.05, 4.69) is 42.9 Å². The molecule has 3 aromatic rings. The van der Waals surface area contributed by atoms with E-state index in [0.717, 1.165) is 26.7 Å². The predicted octanol–water partition coefficient (Wildman–Crippen LogP) is 1.62. The largest absolute Gasteiger partial charge is 0.382 e. The number of rotatable bonds is 6. The molecular weight excluding hydrogens is 478 g/mol. The highest BCUT2D eigenvalue weighted by Gasteiger charge is 2.23. The zero-order valence-corrected chi connectivity index (χ0v) is 16.9. The monoisotopic (exact) mass is 494 g/mol. The zero-order chi connectivity index (χ0) is 19.8. The number of nitrogens with zero attached hydrogens (tertiary/aromatic N) is 4. The third-order valence-electron chi connectivity index (χ3n) is 4.78. The maximum atomic E-state index is 13.7. The molecule has 0 radical (unpaired) electrons. The normalized spacial score (nSPS) is 13.1. The number of fused-ring (bicyclic) bond motifs is 2. The van der Waals surface area contributed by atoms with Gasteiger partial charge in [-0.25, -0.2) is 4.98 Å². The maximum Gasteiger partial charge on any atom is 0.312 e. The van der Waals surface area contributed by atoms with Crippen LogP contribution in [0.3, 0.4) is 0 Å². The molecule has 4 rings (SSSR count). The maximum absolute atomic E-state index is 13.7. The molecule has 0 saturated carbocycles. The highest BCUT2D eigenvalue weighted by molar-refractivity contribution is 14.1. The van der Waals surface area contributed by atoms with Crippen molar-refractivity contribution in [3.63, 3.8) is 0 Å². The lowest BCUT2D eigenvalue weighted by molar-refractivity contribution is -0.109. The number of benzene rings is 1. The van der Waals surface area contributed by atoms with Crippen LogP contribution in [-0.4, -0.2) is 38.3 Å². The van der Waals surface area contributed by atoms with E-state index in [4.69, 9.17) is 5.73 Å². The predicted molar refractivity (Wildman–Crippen MR) is 108 cm³/mol. The Balaban J connectivity index is 1.79. The molecule has 1 aliphatic carbocycles. The van der Waals surface area contributed by atoms with Crippen LogP contribution in [-0.2, 0) is 24.2 Å². The van der Waals surface area contributed by atoms with Gasteiger partial charge in [0.2, 0.25) is 6.41 Å². The first kappa shape index (κ1) is 18.7. The van der Waals surface area contributed by atoms with Crippen LogP contribution >= 0.6 is 22.6 Å². The third-order valence-corrected chi connectivity index (χ3v) is 5.78. The number of hydrogen-bond acceptors (Lipinski definition) is 6. The number of nitrogens with one attached hydrogen (secondary N) is 1. The summed E-state index contributed by atoms with van der Waals surface area (Å²) in [5.41, 5.74) is 9.19. The standard InChI is InChI=1S/C18H16FIN6O2/c19-18-24-16(21)15-17(25-18)26(4-3-22-8-27)14(23-15)7-10-5-11-9(6-12(10)20)1-2-13(11)28/h5-6,8H,1-4,7H2,(H,22,27)(H2,21,24,25). The Hall–Kier alpha value is -2.63. The molecule has 3 N–H and O–H groups in total. The van der Waals surface area contributed by atoms with E-state index in [1.54, 1.807) is 4.57 Å². The molecule has 2 heterocycles. The van der Waals surface area contributed by atoms with Crippen LogP contribution in [0.5, 0.6) is 0 Å². The fourth-order valence-corrected chi connectivity index (χ4v) is 4.18. The fraction of sp³-hybridized carbons (Fsp3) is 0.278. The van der Waals surface area contributed by atoms with E-state index in [1.165, 1.54) is 0 Å². The molecule has 2 aromatic heterocycles. The minimum atomic E-state index is -0.932. The van der Waals surface area contributed by atoms with Gasteiger partial charge in [-0.2, -0.15) is 14.4 Å². The highest BCUT2D eigenvalue weighted by Crippen LogP contribution is 2.29. The molecule has 0 bridgehead atoms. The molecule has 1 aromatic carbocycles. The van der Waals surface area contributed by atoms with Crippen LogP contribution in [0.25, 0.3) is 11.2 Å². The molecule has 0 spiro atoms. The molecular formula is C18H16FIN6O2. The number of amides is 1. The zero-order valence-electron chi connectivity index (χ0n) is 14.7. The third kappa shape index (κ3) is 3.32. The van der Waals surface area contributed by atoms with Crippen molar-refractivity contribution in [2.75, 3.05) is 12.3 Å². The number of nitrogens with two attached hydrogens (primary N) is 1. The SMILES string of the molecule is Nc1nc(F)nc2c1nc(Cc1cc3c(cc1I)CCC3=O)n2CCNC=O. The molecule has 0 unspecified atom stereocenters. The Bertz CT molecular complexity index is 1110. The number of imidazole rings is 1. The van der Waals surface area contributed by atoms with Gasteiger partial charge in [0.05, 0.1) is 0 Å². The van der Waals surface area contributed by atoms with Gasteiger partial charge in [0.25, 0.3) is 0 Å². The first-order valence-electron chi connectivity index (χ1n) is 8.67. The number of hydrogen-bond donors (Lipinski definition) is 2. The van der Waals surface area contributed by atoms with Gasteiger partial charge >= 0.3 is 6.08 Å². The molecule has 1 amide bonds. The van der Waals surface area contributed by atoms with Crippen molar-refractivity contribution in [3.05, 3.63) is 44.3 Å². The van der Waals surface area contributed by atoms with Gasteiger partial charge in [0.15, 0.2) is 22.8 Å². The van der Waals surface area contributed by atoms with Crippen molar-refractivity contribution >= 4 is 51.8 Å². The van der Waals surface area contributed by atoms with Crippen molar-refractivity contribution in [1.29, 1.82) is 0 Å². The van der Waals surface area contributed by atoms with Crippen LogP contribution in [0.4, 0.5) is 10.2 Å². The van der Waals surface area contributed by atoms with E-state index >= 15 is 0 Å². The van der Waals surface area contributed by atoms with Crippen LogP contribution in [0.2, 0.25) is 0 Å². The van der Waals surface area contributed by atoms with E-state index in [-0.39, 0.29) is 17.2 Å². The molecule has 144 valence electrons. The summed E-state index contributed by atoms with van der Waals surface area (Å²) < 4.78 is 16.5. The summed E-state index contributed by atoms with van der Waals surface area (Å²) in [7, 11) is 0. The van der Waals surface area contributed by atoms with Crippen LogP contribution in [0.1, 0.15) is 33.7 Å². The molecule has 0 saturated heterocycles. The molecule has 10 heteroatoms. The number of aryl methyl sites for hydroxylation is 1. The lowest BCUT2D eigenvalue weighted by Gasteiger charge is -2.11. The second-order valence-corrected chi connectivity index (χ2v) is 7.66. The smallest absolute Gasteiger partial charge is 0.312 e. The van der Waals surface area contributed by atoms with Gasteiger partial charge in [-0.1, -0.05) is 0 Å². The number of ketones is 1. The van der Waals surface area contributed by atoms with E-state index < -0.39 is 6.08 Å². The summed E-state index contributed by atoms with van der Waals surface area (Å²) in [5.74, 6) is 0.718. The Kier molecular flexibility index (Phi) is 4.96. The Morgan fingerprint density at radius 2 is 2.11 bits per heavy atom. The molecule has 0 fully saturated rings. The first-order chi connectivity index (χ1) is 13.5. The summed E-state index contributed by atoms with van der Waals surface area (Å²) >= 11 is 2.24. The Morgan fingerprint density at radius 1 is 1.29 bits per heavy atom. The van der Waals surface area contributed by atoms with Gasteiger partial charge in [-0.15, -0.1) is 0 Å². The van der Waals surface area contributed by atoms with Crippen molar-refractivity contribution in [2.45, 2.75) is 25.8 Å². The quantitative estimate of drug-likeness (QED) is 0.233. The van der Waals surface area contributed by atoms with Crippen molar-refractivity contribution in [2.24, 2.45) is 0 Å². The van der Waals surface area contributed by atoms with Gasteiger partial charge < -0.3 is 15.6 Å². The summed E-state index contributed by atoms with van der Waals surface area (Å²) in [5, 5.41) is 2.58. The van der Waals surface area contributed by atoms with Crippen LogP contribution in [0, 0.1) is 9.65 Å². The molecule has 28 heavy (non-hydrogen) atoms. The summed E-state index contributed by atoms with van der Waals surface area (Å²) in [6.07, 6.45) is 1.38. The number of anilines is 1. The van der Waals surface area contributed by atoms with Gasteiger partial charge in [0, 0.05) is 35.1 Å². The fourth-order valence-electron chi connectivity index (χ4n) is 3.46. The van der Waals surface area contributed by atoms with Crippen molar-refractivity contribution in [1.82, 2.24) is 24.8 Å². The minimum Gasteiger partial charge on any atom is -0.382 e. The number of nitrogen functional groups attached to an aromatic ring is 1. The molecule has 1 aliphatic rings. The van der Waals surface area contributed by atoms with Crippen molar-refractivity contribution in [3.8, 4) is 0 Å². The van der Waals surface area contributed by atoms with Crippen LogP contribution in [0.15, 0.2) is 12.1 Å². The Morgan fingerprint density at radius 3 is 2.89 bits per heavy atom. The topological polar surface area (TPSA) is 116 Å². The van der Waals surface area contributed by atoms with Gasteiger partial charge in [-0.05, 0) is 52.3 Å². The Labute approximate surface area is 172 Å². The molecule has 8 nitrogen and oxygen atoms in total. The van der Waals surface area contributed by atoms with Crippen molar-refractivity contribution < 1.29 is 14.0 Å². The average molecular weight is 494 g/mol. The molecule has 0 aliphatic heterocycles. The molecule has 0 atom stereocenters. The summed E-state index contributed by atoms with van der Waals surface area (Å²) in [6, 6.07) is 3.94. The van der Waals surface area contributed by atoms with Crippen LogP contribution < -0.4 is 11.1 Å². The lowest BCUT2D eigenvalue weighted by Crippen LogP contribution is -2.19. The minimum absolute atomic E-state index is 0.0373. The number of Topliss-reactive ketones (excluding diaryl/α,β-unsaturated/α-hetero) is 1. The first-order valence-corrected chi connectivity index (χ1v) is 9.75.